The summed E-state index contributed by atoms with van der Waals surface area (Å²) < 4.78 is 21.6. The molecule has 0 spiro atoms. The molecule has 0 N–H and O–H groups in total. The molecule has 13 rings (SSSR count). The fourth-order valence-corrected chi connectivity index (χ4v) is 9.53. The number of nitrogens with zero attached hydrogens (tertiary/aromatic N) is 3. The molecule has 0 fully saturated rings. The molecule has 0 radical (unpaired) electrons. The van der Waals surface area contributed by atoms with Crippen LogP contribution in [0.4, 0.5) is 0 Å². The Hall–Kier alpha value is -7.18. The third kappa shape index (κ3) is 3.68. The number of benzene rings is 7. The van der Waals surface area contributed by atoms with E-state index in [2.05, 4.69) is 109 Å². The number of hydrogen-bond acceptors (Lipinski definition) is 5. The topological polar surface area (TPSA) is 70.1 Å². The molecule has 0 aliphatic heterocycles. The largest absolute Gasteiger partial charge is 0.456 e. The molecule has 5 heterocycles. The highest BCUT2D eigenvalue weighted by molar-refractivity contribution is 6.22. The lowest BCUT2D eigenvalue weighted by Crippen LogP contribution is -2.14. The summed E-state index contributed by atoms with van der Waals surface area (Å²) in [4.78, 5) is 10.8. The first kappa shape index (κ1) is 29.3. The number of aromatic nitrogens is 3. The minimum absolute atomic E-state index is 0.117. The van der Waals surface area contributed by atoms with Gasteiger partial charge in [-0.3, -0.25) is 4.57 Å². The first-order valence-corrected chi connectivity index (χ1v) is 18.7. The monoisotopic (exact) mass is 707 g/mol. The first-order valence-electron chi connectivity index (χ1n) is 18.7. The van der Waals surface area contributed by atoms with Crippen LogP contribution in [-0.4, -0.2) is 14.5 Å². The first-order chi connectivity index (χ1) is 27.0. The second-order valence-electron chi connectivity index (χ2n) is 15.3. The molecule has 258 valence electrons. The molecule has 7 aromatic carbocycles. The lowest BCUT2D eigenvalue weighted by atomic mass is 9.82. The van der Waals surface area contributed by atoms with E-state index in [1.165, 1.54) is 33.0 Å². The summed E-state index contributed by atoms with van der Waals surface area (Å²) in [6, 6.07) is 48.7. The average molecular weight is 708 g/mol. The Morgan fingerprint density at radius 3 is 2.09 bits per heavy atom. The number of fused-ring (bicyclic) bond motifs is 17. The molecule has 6 nitrogen and oxygen atoms in total. The van der Waals surface area contributed by atoms with Crippen molar-refractivity contribution in [2.75, 3.05) is 0 Å². The summed E-state index contributed by atoms with van der Waals surface area (Å²) in [6.07, 6.45) is 0. The van der Waals surface area contributed by atoms with Crippen LogP contribution in [0.15, 0.2) is 153 Å². The van der Waals surface area contributed by atoms with Crippen LogP contribution in [0.1, 0.15) is 25.0 Å². The van der Waals surface area contributed by atoms with Gasteiger partial charge in [-0.1, -0.05) is 92.7 Å². The Bertz CT molecular complexity index is 3650. The van der Waals surface area contributed by atoms with Gasteiger partial charge in [0.25, 0.3) is 0 Å². The minimum atomic E-state index is -0.117. The van der Waals surface area contributed by atoms with Crippen LogP contribution in [0.2, 0.25) is 0 Å². The van der Waals surface area contributed by atoms with Crippen LogP contribution in [-0.2, 0) is 5.41 Å². The van der Waals surface area contributed by atoms with Gasteiger partial charge in [-0.05, 0) is 82.9 Å². The molecule has 0 saturated carbocycles. The smallest absolute Gasteiger partial charge is 0.236 e. The van der Waals surface area contributed by atoms with Gasteiger partial charge >= 0.3 is 0 Å². The Balaban J connectivity index is 1.11. The van der Waals surface area contributed by atoms with Crippen molar-refractivity contribution in [3.63, 3.8) is 0 Å². The van der Waals surface area contributed by atoms with Crippen LogP contribution in [0.25, 0.3) is 116 Å². The normalized spacial score (nSPS) is 13.8. The summed E-state index contributed by atoms with van der Waals surface area (Å²) in [5.74, 6) is 0.592. The molecule has 0 bridgehead atoms. The molecule has 5 aromatic heterocycles. The lowest BCUT2D eigenvalue weighted by molar-refractivity contribution is 0.661. The summed E-state index contributed by atoms with van der Waals surface area (Å²) in [5, 5.41) is 7.38. The predicted molar refractivity (Wildman–Crippen MR) is 221 cm³/mol. The third-order valence-corrected chi connectivity index (χ3v) is 12.0. The molecule has 1 aliphatic carbocycles. The number of furan rings is 3. The molecule has 0 amide bonds. The quantitative estimate of drug-likeness (QED) is 0.179. The molecular formula is C49H29N3O3. The van der Waals surface area contributed by atoms with Gasteiger partial charge in [0.15, 0.2) is 5.58 Å². The molecule has 0 saturated heterocycles. The summed E-state index contributed by atoms with van der Waals surface area (Å²) >= 11 is 0. The van der Waals surface area contributed by atoms with Gasteiger partial charge < -0.3 is 13.3 Å². The maximum atomic E-state index is 6.61. The molecule has 0 atom stereocenters. The summed E-state index contributed by atoms with van der Waals surface area (Å²) in [7, 11) is 0. The van der Waals surface area contributed by atoms with E-state index in [1.54, 1.807) is 0 Å². The van der Waals surface area contributed by atoms with E-state index >= 15 is 0 Å². The average Bonchev–Trinajstić information content (AvgIpc) is 4.01. The van der Waals surface area contributed by atoms with Crippen molar-refractivity contribution in [3.05, 3.63) is 151 Å². The maximum absolute atomic E-state index is 6.61. The van der Waals surface area contributed by atoms with Crippen molar-refractivity contribution >= 4 is 87.8 Å². The fraction of sp³-hybridized carbons (Fsp3) is 0.0612. The standard InChI is InChI=1S/C49H29N3O3/c1-49(2)33-15-7-3-11-28(33)41-34(49)21-22-36-42(41)29-12-4-8-16-35(29)52(36)48-50-44(47-45(51-48)31-14-6-10-18-38(31)55-47)26-19-23-39-32(25-26)27-20-24-40-43(46(27)54-39)30-13-5-9-17-37(30)53-40/h3-25H,1-2H3. The SMILES string of the molecule is CC1(C)c2ccccc2-c2c1ccc1c2c2ccccc2n1-c1nc(-c2ccc3oc4c(ccc5oc6ccccc6c54)c3c2)c2oc3ccccc3c2n1. The zero-order valence-corrected chi connectivity index (χ0v) is 29.8. The van der Waals surface area contributed by atoms with E-state index in [0.29, 0.717) is 11.5 Å². The van der Waals surface area contributed by atoms with Gasteiger partial charge in [0.1, 0.15) is 39.1 Å². The van der Waals surface area contributed by atoms with Gasteiger partial charge in [0.2, 0.25) is 5.95 Å². The van der Waals surface area contributed by atoms with Crippen molar-refractivity contribution in [3.8, 4) is 28.3 Å². The fourth-order valence-electron chi connectivity index (χ4n) is 9.53. The van der Waals surface area contributed by atoms with Gasteiger partial charge in [0, 0.05) is 43.3 Å². The van der Waals surface area contributed by atoms with E-state index in [0.717, 1.165) is 82.7 Å². The van der Waals surface area contributed by atoms with E-state index in [-0.39, 0.29) is 5.41 Å². The van der Waals surface area contributed by atoms with Crippen molar-refractivity contribution in [1.82, 2.24) is 14.5 Å². The molecule has 1 aliphatic rings. The second-order valence-corrected chi connectivity index (χ2v) is 15.3. The van der Waals surface area contributed by atoms with Gasteiger partial charge in [-0.2, -0.15) is 0 Å². The van der Waals surface area contributed by atoms with Crippen molar-refractivity contribution in [2.24, 2.45) is 0 Å². The molecular weight excluding hydrogens is 679 g/mol. The summed E-state index contributed by atoms with van der Waals surface area (Å²) in [5.41, 5.74) is 14.4. The molecule has 12 aromatic rings. The zero-order valence-electron chi connectivity index (χ0n) is 29.8. The van der Waals surface area contributed by atoms with Crippen molar-refractivity contribution in [2.45, 2.75) is 19.3 Å². The van der Waals surface area contributed by atoms with Crippen molar-refractivity contribution in [1.29, 1.82) is 0 Å². The maximum Gasteiger partial charge on any atom is 0.236 e. The Morgan fingerprint density at radius 1 is 0.491 bits per heavy atom. The zero-order chi connectivity index (χ0) is 36.2. The van der Waals surface area contributed by atoms with E-state index in [4.69, 9.17) is 23.2 Å². The molecule has 55 heavy (non-hydrogen) atoms. The van der Waals surface area contributed by atoms with Gasteiger partial charge in [-0.25, -0.2) is 9.97 Å². The highest BCUT2D eigenvalue weighted by atomic mass is 16.3. The van der Waals surface area contributed by atoms with Crippen LogP contribution < -0.4 is 0 Å². The number of hydrogen-bond donors (Lipinski definition) is 0. The van der Waals surface area contributed by atoms with Crippen molar-refractivity contribution < 1.29 is 13.3 Å². The van der Waals surface area contributed by atoms with Crippen LogP contribution >= 0.6 is 0 Å². The van der Waals surface area contributed by atoms with Gasteiger partial charge in [-0.15, -0.1) is 0 Å². The highest BCUT2D eigenvalue weighted by Crippen LogP contribution is 2.53. The van der Waals surface area contributed by atoms with E-state index in [1.807, 2.05) is 48.5 Å². The second kappa shape index (κ2) is 10.1. The van der Waals surface area contributed by atoms with Crippen LogP contribution in [0.3, 0.4) is 0 Å². The highest BCUT2D eigenvalue weighted by Gasteiger charge is 2.37. The van der Waals surface area contributed by atoms with Crippen LogP contribution in [0, 0.1) is 0 Å². The third-order valence-electron chi connectivity index (χ3n) is 12.0. The number of rotatable bonds is 2. The lowest BCUT2D eigenvalue weighted by Gasteiger charge is -2.21. The Kier molecular flexibility index (Phi) is 5.36. The Morgan fingerprint density at radius 2 is 1.20 bits per heavy atom. The predicted octanol–water partition coefficient (Wildman–Crippen LogP) is 13.2. The van der Waals surface area contributed by atoms with Crippen LogP contribution in [0.5, 0.6) is 0 Å². The molecule has 0 unspecified atom stereocenters. The summed E-state index contributed by atoms with van der Waals surface area (Å²) in [6.45, 7) is 4.66. The van der Waals surface area contributed by atoms with Gasteiger partial charge in [0.05, 0.1) is 16.4 Å². The van der Waals surface area contributed by atoms with E-state index in [9.17, 15) is 0 Å². The molecule has 6 heteroatoms. The minimum Gasteiger partial charge on any atom is -0.456 e. The Labute approximate surface area is 312 Å². The van der Waals surface area contributed by atoms with E-state index < -0.39 is 0 Å². The number of para-hydroxylation sites is 3.